The first-order valence-corrected chi connectivity index (χ1v) is 8.49. The Bertz CT molecular complexity index is 634. The Morgan fingerprint density at radius 1 is 1.60 bits per heavy atom. The largest absolute Gasteiger partial charge is 0.547 e. The van der Waals surface area contributed by atoms with Crippen LogP contribution in [-0.4, -0.2) is 35.7 Å². The number of benzene rings is 1. The predicted octanol–water partition coefficient (Wildman–Crippen LogP) is 1.24. The number of aliphatic hydroxyl groups excluding tert-OH is 1. The maximum Gasteiger partial charge on any atom is 0.547 e. The summed E-state index contributed by atoms with van der Waals surface area (Å²) in [5, 5.41) is 31.6. The Hall–Kier alpha value is -2.08. The van der Waals surface area contributed by atoms with Gasteiger partial charge >= 0.3 is 7.12 Å². The van der Waals surface area contributed by atoms with E-state index in [1.54, 1.807) is 12.1 Å². The molecule has 0 saturated heterocycles. The van der Waals surface area contributed by atoms with E-state index in [0.29, 0.717) is 24.3 Å². The van der Waals surface area contributed by atoms with Gasteiger partial charge in [0.15, 0.2) is 6.29 Å². The van der Waals surface area contributed by atoms with Gasteiger partial charge in [-0.1, -0.05) is 31.5 Å². The number of unbranched alkanes of at least 4 members (excludes halogenated alkanes) is 1. The highest BCUT2D eigenvalue weighted by atomic mass is 16.6. The van der Waals surface area contributed by atoms with Crippen LogP contribution in [0.4, 0.5) is 0 Å². The molecule has 134 valence electrons. The molecule has 0 saturated carbocycles. The molecule has 0 aromatic heterocycles. The summed E-state index contributed by atoms with van der Waals surface area (Å²) in [6.45, 7) is 2.46. The third-order valence-electron chi connectivity index (χ3n) is 4.00. The van der Waals surface area contributed by atoms with Gasteiger partial charge in [0.1, 0.15) is 5.75 Å². The lowest BCUT2D eigenvalue weighted by molar-refractivity contribution is -0.121. The van der Waals surface area contributed by atoms with Crippen molar-refractivity contribution in [3.8, 4) is 11.8 Å². The molecule has 1 amide bonds. The first kappa shape index (κ1) is 19.3. The molecule has 0 radical (unpaired) electrons. The number of ether oxygens (including phenoxy) is 1. The Morgan fingerprint density at radius 2 is 2.40 bits per heavy atom. The van der Waals surface area contributed by atoms with Gasteiger partial charge in [0.2, 0.25) is 5.91 Å². The highest BCUT2D eigenvalue weighted by Crippen LogP contribution is 2.34. The van der Waals surface area contributed by atoms with Crippen molar-refractivity contribution in [2.24, 2.45) is 0 Å². The van der Waals surface area contributed by atoms with E-state index in [2.05, 4.69) is 5.32 Å². The number of nitrogens with one attached hydrogen (secondary N) is 1. The lowest BCUT2D eigenvalue weighted by Crippen LogP contribution is -2.53. The van der Waals surface area contributed by atoms with Crippen LogP contribution in [0.3, 0.4) is 0 Å². The number of nitrogens with zero attached hydrogens (tertiary/aromatic N) is 1. The number of carbonyl (C=O) groups is 1. The van der Waals surface area contributed by atoms with Gasteiger partial charge in [0.25, 0.3) is 0 Å². The van der Waals surface area contributed by atoms with E-state index in [-0.39, 0.29) is 18.7 Å². The van der Waals surface area contributed by atoms with Gasteiger partial charge < -0.3 is 24.8 Å². The van der Waals surface area contributed by atoms with E-state index in [0.717, 1.165) is 18.4 Å². The minimum atomic E-state index is -1.23. The predicted molar refractivity (Wildman–Crippen MR) is 91.3 cm³/mol. The Morgan fingerprint density at radius 3 is 3.12 bits per heavy atom. The minimum Gasteiger partial charge on any atom is -0.534 e. The molecule has 7 nitrogen and oxygen atoms in total. The monoisotopic (exact) mass is 346 g/mol. The van der Waals surface area contributed by atoms with Crippen molar-refractivity contribution in [3.05, 3.63) is 29.3 Å². The smallest absolute Gasteiger partial charge is 0.534 e. The zero-order valence-electron chi connectivity index (χ0n) is 14.3. The van der Waals surface area contributed by atoms with Gasteiger partial charge in [0.05, 0.1) is 18.6 Å². The van der Waals surface area contributed by atoms with Crippen LogP contribution in [0.15, 0.2) is 18.2 Å². The number of rotatable bonds is 8. The summed E-state index contributed by atoms with van der Waals surface area (Å²) in [5.74, 6) is -0.523. The summed E-state index contributed by atoms with van der Waals surface area (Å²) < 4.78 is 10.9. The van der Waals surface area contributed by atoms with Crippen LogP contribution in [0.1, 0.15) is 50.0 Å². The molecular weight excluding hydrogens is 323 g/mol. The Labute approximate surface area is 147 Å². The van der Waals surface area contributed by atoms with E-state index >= 15 is 0 Å². The molecule has 25 heavy (non-hydrogen) atoms. The van der Waals surface area contributed by atoms with Crippen LogP contribution in [0, 0.1) is 11.3 Å². The van der Waals surface area contributed by atoms with Gasteiger partial charge in [-0.25, -0.2) is 0 Å². The summed E-state index contributed by atoms with van der Waals surface area (Å²) >= 11 is 0. The second kappa shape index (κ2) is 9.42. The molecule has 1 aliphatic heterocycles. The maximum atomic E-state index is 11.8. The quantitative estimate of drug-likeness (QED) is 0.371. The van der Waals surface area contributed by atoms with Crippen LogP contribution in [0.2, 0.25) is 0 Å². The molecule has 1 aliphatic rings. The highest BCUT2D eigenvalue weighted by Gasteiger charge is 2.37. The molecule has 0 aliphatic carbocycles. The number of para-hydroxylation sites is 1. The lowest BCUT2D eigenvalue weighted by Gasteiger charge is -2.30. The van der Waals surface area contributed by atoms with Crippen molar-refractivity contribution in [2.75, 3.05) is 6.61 Å². The maximum absolute atomic E-state index is 11.8. The number of nitriles is 1. The molecule has 0 bridgehead atoms. The van der Waals surface area contributed by atoms with Gasteiger partial charge in [-0.2, -0.15) is 5.26 Å². The zero-order chi connectivity index (χ0) is 18.2. The lowest BCUT2D eigenvalue weighted by atomic mass is 9.72. The van der Waals surface area contributed by atoms with Gasteiger partial charge in [-0.05, 0) is 18.4 Å². The normalized spacial score (nSPS) is 17.2. The van der Waals surface area contributed by atoms with Gasteiger partial charge in [-0.3, -0.25) is 4.79 Å². The van der Waals surface area contributed by atoms with E-state index in [9.17, 15) is 14.9 Å². The first-order chi connectivity index (χ1) is 12.1. The fraction of sp³-hybridized carbons (Fsp3) is 0.529. The molecule has 1 heterocycles. The van der Waals surface area contributed by atoms with Crippen LogP contribution in [0.5, 0.6) is 5.75 Å². The van der Waals surface area contributed by atoms with Crippen molar-refractivity contribution in [1.82, 2.24) is 5.32 Å². The van der Waals surface area contributed by atoms with Crippen LogP contribution in [0.25, 0.3) is 0 Å². The third kappa shape index (κ3) is 5.20. The fourth-order valence-electron chi connectivity index (χ4n) is 2.64. The van der Waals surface area contributed by atoms with Crippen molar-refractivity contribution in [2.45, 2.75) is 51.3 Å². The number of aliphatic hydroxyl groups is 1. The molecule has 3 N–H and O–H groups in total. The van der Waals surface area contributed by atoms with Crippen molar-refractivity contribution in [1.29, 1.82) is 5.26 Å². The molecule has 2 rings (SSSR count). The number of carbonyl (C=O) groups excluding carboxylic acids is 1. The summed E-state index contributed by atoms with van der Waals surface area (Å²) in [6.07, 6.45) is 1.24. The highest BCUT2D eigenvalue weighted by molar-refractivity contribution is 6.46. The third-order valence-corrected chi connectivity index (χ3v) is 4.00. The van der Waals surface area contributed by atoms with E-state index in [1.165, 1.54) is 0 Å². The first-order valence-electron chi connectivity index (χ1n) is 8.49. The topological polar surface area (TPSA) is 112 Å². The number of hydrogen-bond donors (Lipinski definition) is 3. The molecule has 1 unspecified atom stereocenters. The van der Waals surface area contributed by atoms with E-state index in [4.69, 9.17) is 14.7 Å². The Kier molecular flexibility index (Phi) is 7.25. The van der Waals surface area contributed by atoms with Crippen molar-refractivity contribution < 1.29 is 24.3 Å². The second-order valence-corrected chi connectivity index (χ2v) is 5.96. The molecule has 1 aromatic rings. The molecule has 0 spiro atoms. The Balaban J connectivity index is 2.07. The van der Waals surface area contributed by atoms with Crippen LogP contribution in [-0.2, 0) is 16.0 Å². The second-order valence-electron chi connectivity index (χ2n) is 5.96. The van der Waals surface area contributed by atoms with Crippen LogP contribution < -0.4 is 9.97 Å². The molecule has 8 heteroatoms. The van der Waals surface area contributed by atoms with Gasteiger partial charge in [-0.15, -0.1) is 0 Å². The van der Waals surface area contributed by atoms with Crippen LogP contribution >= 0.6 is 0 Å². The van der Waals surface area contributed by atoms with Crippen molar-refractivity contribution >= 4 is 13.0 Å². The molecule has 0 fully saturated rings. The molecule has 1 aromatic carbocycles. The average Bonchev–Trinajstić information content (AvgIpc) is 2.60. The van der Waals surface area contributed by atoms with Crippen molar-refractivity contribution in [3.63, 3.8) is 0 Å². The summed E-state index contributed by atoms with van der Waals surface area (Å²) in [4.78, 5) is 11.8. The van der Waals surface area contributed by atoms with E-state index < -0.39 is 19.3 Å². The number of fused-ring (bicyclic) bond motifs is 1. The SMILES string of the molecule is CCCCOC(O)c1cccc2c1OB(O)[C@@H](NC(=O)CCC#N)C2. The standard InChI is InChI=1S/C17H23BN2O5/c1-2-3-10-24-17(22)13-7-4-6-12-11-14(18(23)25-16(12)13)20-15(21)8-5-9-19/h4,6-7,14,17,22-23H,2-3,5,8,10-11H2,1H3,(H,20,21)/t14-,17?/m0/s1. The zero-order valence-corrected chi connectivity index (χ0v) is 14.3. The minimum absolute atomic E-state index is 0.0800. The average molecular weight is 346 g/mol. The summed E-state index contributed by atoms with van der Waals surface area (Å²) in [5.41, 5.74) is 1.23. The van der Waals surface area contributed by atoms with E-state index in [1.807, 2.05) is 19.1 Å². The molecular formula is C17H23BN2O5. The number of hydrogen-bond acceptors (Lipinski definition) is 6. The fourth-order valence-corrected chi connectivity index (χ4v) is 2.64. The number of amides is 1. The molecule has 2 atom stereocenters. The van der Waals surface area contributed by atoms with Gasteiger partial charge in [0, 0.05) is 18.4 Å². The summed E-state index contributed by atoms with van der Waals surface area (Å²) in [6, 6.07) is 7.19. The summed E-state index contributed by atoms with van der Waals surface area (Å²) in [7, 11) is -1.23.